The van der Waals surface area contributed by atoms with E-state index in [0.29, 0.717) is 0 Å². The monoisotopic (exact) mass is 202 g/mol. The van der Waals surface area contributed by atoms with Gasteiger partial charge in [-0.1, -0.05) is 0 Å². The van der Waals surface area contributed by atoms with Gasteiger partial charge in [-0.2, -0.15) is 0 Å². The lowest BCUT2D eigenvalue weighted by Crippen LogP contribution is -2.09. The van der Waals surface area contributed by atoms with Crippen molar-refractivity contribution in [2.75, 3.05) is 7.05 Å². The maximum atomic E-state index is 4.40. The smallest absolute Gasteiger partial charge is 0.0953 e. The van der Waals surface area contributed by atoms with Crippen LogP contribution in [-0.2, 0) is 13.6 Å². The van der Waals surface area contributed by atoms with Crippen molar-refractivity contribution in [1.82, 2.24) is 19.9 Å². The minimum Gasteiger partial charge on any atom is -0.336 e. The van der Waals surface area contributed by atoms with Gasteiger partial charge in [0.15, 0.2) is 0 Å². The highest BCUT2D eigenvalue weighted by Gasteiger charge is 2.09. The van der Waals surface area contributed by atoms with Crippen LogP contribution in [0.25, 0.3) is 11.3 Å². The van der Waals surface area contributed by atoms with Crippen LogP contribution in [0, 0.1) is 0 Å². The van der Waals surface area contributed by atoms with Gasteiger partial charge in [0.2, 0.25) is 0 Å². The Hall–Kier alpha value is -1.68. The van der Waals surface area contributed by atoms with Gasteiger partial charge in [-0.15, -0.1) is 0 Å². The van der Waals surface area contributed by atoms with Crippen LogP contribution >= 0.6 is 0 Å². The molecule has 4 nitrogen and oxygen atoms in total. The molecule has 2 rings (SSSR count). The Morgan fingerprint density at radius 1 is 1.33 bits per heavy atom. The van der Waals surface area contributed by atoms with Crippen LogP contribution in [0.1, 0.15) is 5.69 Å². The summed E-state index contributed by atoms with van der Waals surface area (Å²) in [4.78, 5) is 8.40. The van der Waals surface area contributed by atoms with E-state index in [0.717, 1.165) is 17.8 Å². The van der Waals surface area contributed by atoms with E-state index in [1.54, 1.807) is 12.4 Å². The summed E-state index contributed by atoms with van der Waals surface area (Å²) in [6.45, 7) is 0.814. The van der Waals surface area contributed by atoms with Crippen molar-refractivity contribution >= 4 is 0 Å². The standard InChI is InChI=1S/C11H14N4/c1-12-7-10-11(14-8-15(10)2)9-3-5-13-6-4-9/h3-6,8,12H,7H2,1-2H3. The molecule has 0 spiro atoms. The molecule has 0 unspecified atom stereocenters. The molecule has 1 N–H and O–H groups in total. The molecule has 4 heteroatoms. The summed E-state index contributed by atoms with van der Waals surface area (Å²) in [5.74, 6) is 0. The molecule has 0 aromatic carbocycles. The number of hydrogen-bond donors (Lipinski definition) is 1. The molecule has 0 bridgehead atoms. The van der Waals surface area contributed by atoms with Gasteiger partial charge in [-0.3, -0.25) is 4.98 Å². The van der Waals surface area contributed by atoms with Crippen molar-refractivity contribution in [1.29, 1.82) is 0 Å². The SMILES string of the molecule is CNCc1c(-c2ccncc2)ncn1C. The van der Waals surface area contributed by atoms with Crippen LogP contribution in [0.2, 0.25) is 0 Å². The largest absolute Gasteiger partial charge is 0.336 e. The van der Waals surface area contributed by atoms with Crippen molar-refractivity contribution in [3.8, 4) is 11.3 Å². The molecule has 0 aliphatic carbocycles. The Labute approximate surface area is 89.0 Å². The highest BCUT2D eigenvalue weighted by Crippen LogP contribution is 2.20. The first-order chi connectivity index (χ1) is 7.33. The molecule has 78 valence electrons. The Morgan fingerprint density at radius 3 is 2.73 bits per heavy atom. The molecule has 2 aromatic heterocycles. The van der Waals surface area contributed by atoms with Gasteiger partial charge < -0.3 is 9.88 Å². The molecule has 0 atom stereocenters. The first-order valence-corrected chi connectivity index (χ1v) is 4.88. The second kappa shape index (κ2) is 4.23. The number of rotatable bonds is 3. The van der Waals surface area contributed by atoms with Crippen LogP contribution in [0.15, 0.2) is 30.9 Å². The highest BCUT2D eigenvalue weighted by atomic mass is 15.1. The summed E-state index contributed by atoms with van der Waals surface area (Å²) >= 11 is 0. The van der Waals surface area contributed by atoms with Crippen LogP contribution < -0.4 is 5.32 Å². The summed E-state index contributed by atoms with van der Waals surface area (Å²) < 4.78 is 2.03. The average Bonchev–Trinajstić information content (AvgIpc) is 2.63. The molecule has 0 fully saturated rings. The van der Waals surface area contributed by atoms with Crippen molar-refractivity contribution in [2.24, 2.45) is 7.05 Å². The lowest BCUT2D eigenvalue weighted by Gasteiger charge is -2.04. The molecular formula is C11H14N4. The minimum atomic E-state index is 0.814. The highest BCUT2D eigenvalue weighted by molar-refractivity contribution is 5.61. The summed E-state index contributed by atoms with van der Waals surface area (Å²) in [6, 6.07) is 3.95. The van der Waals surface area contributed by atoms with Gasteiger partial charge in [0.1, 0.15) is 0 Å². The molecule has 2 heterocycles. The van der Waals surface area contributed by atoms with E-state index in [1.807, 2.05) is 37.1 Å². The van der Waals surface area contributed by atoms with Crippen molar-refractivity contribution in [3.05, 3.63) is 36.5 Å². The number of imidazole rings is 1. The van der Waals surface area contributed by atoms with Crippen LogP contribution in [-0.4, -0.2) is 21.6 Å². The second-order valence-electron chi connectivity index (χ2n) is 3.42. The van der Waals surface area contributed by atoms with E-state index in [1.165, 1.54) is 5.69 Å². The molecule has 0 saturated heterocycles. The number of pyridine rings is 1. The Bertz CT molecular complexity index is 433. The number of aryl methyl sites for hydroxylation is 1. The zero-order chi connectivity index (χ0) is 10.7. The second-order valence-corrected chi connectivity index (χ2v) is 3.42. The first kappa shape index (κ1) is 9.86. The number of nitrogens with one attached hydrogen (secondary N) is 1. The van der Waals surface area contributed by atoms with Gasteiger partial charge in [-0.25, -0.2) is 4.98 Å². The zero-order valence-electron chi connectivity index (χ0n) is 8.94. The van der Waals surface area contributed by atoms with Crippen molar-refractivity contribution < 1.29 is 0 Å². The first-order valence-electron chi connectivity index (χ1n) is 4.88. The van der Waals surface area contributed by atoms with E-state index in [4.69, 9.17) is 0 Å². The Morgan fingerprint density at radius 2 is 2.07 bits per heavy atom. The number of aromatic nitrogens is 3. The summed E-state index contributed by atoms with van der Waals surface area (Å²) in [5, 5.41) is 3.14. The maximum Gasteiger partial charge on any atom is 0.0953 e. The van der Waals surface area contributed by atoms with Gasteiger partial charge >= 0.3 is 0 Å². The molecule has 0 aliphatic heterocycles. The molecular weight excluding hydrogens is 188 g/mol. The summed E-state index contributed by atoms with van der Waals surface area (Å²) in [6.07, 6.45) is 5.41. The molecule has 0 aliphatic rings. The third-order valence-corrected chi connectivity index (χ3v) is 2.36. The fourth-order valence-electron chi connectivity index (χ4n) is 1.58. The van der Waals surface area contributed by atoms with E-state index in [2.05, 4.69) is 15.3 Å². The average molecular weight is 202 g/mol. The fraction of sp³-hybridized carbons (Fsp3) is 0.273. The van der Waals surface area contributed by atoms with Crippen LogP contribution in [0.5, 0.6) is 0 Å². The normalized spacial score (nSPS) is 10.5. The van der Waals surface area contributed by atoms with Crippen molar-refractivity contribution in [2.45, 2.75) is 6.54 Å². The van der Waals surface area contributed by atoms with E-state index in [9.17, 15) is 0 Å². The Balaban J connectivity index is 2.44. The number of hydrogen-bond acceptors (Lipinski definition) is 3. The molecule has 0 amide bonds. The molecule has 2 aromatic rings. The zero-order valence-corrected chi connectivity index (χ0v) is 8.94. The predicted octanol–water partition coefficient (Wildman–Crippen LogP) is 1.20. The summed E-state index contributed by atoms with van der Waals surface area (Å²) in [5.41, 5.74) is 3.31. The lowest BCUT2D eigenvalue weighted by atomic mass is 10.1. The molecule has 15 heavy (non-hydrogen) atoms. The van der Waals surface area contributed by atoms with E-state index >= 15 is 0 Å². The van der Waals surface area contributed by atoms with Crippen LogP contribution in [0.4, 0.5) is 0 Å². The van der Waals surface area contributed by atoms with Crippen LogP contribution in [0.3, 0.4) is 0 Å². The summed E-state index contributed by atoms with van der Waals surface area (Å²) in [7, 11) is 3.94. The maximum absolute atomic E-state index is 4.40. The van der Waals surface area contributed by atoms with Gasteiger partial charge in [0.05, 0.1) is 17.7 Å². The third kappa shape index (κ3) is 1.89. The van der Waals surface area contributed by atoms with E-state index in [-0.39, 0.29) is 0 Å². The van der Waals surface area contributed by atoms with Crippen molar-refractivity contribution in [3.63, 3.8) is 0 Å². The van der Waals surface area contributed by atoms with Gasteiger partial charge in [-0.05, 0) is 19.2 Å². The number of nitrogens with zero attached hydrogens (tertiary/aromatic N) is 3. The molecule has 0 radical (unpaired) electrons. The van der Waals surface area contributed by atoms with Gasteiger partial charge in [0.25, 0.3) is 0 Å². The Kier molecular flexibility index (Phi) is 2.78. The quantitative estimate of drug-likeness (QED) is 0.813. The minimum absolute atomic E-state index is 0.814. The molecule has 0 saturated carbocycles. The van der Waals surface area contributed by atoms with Gasteiger partial charge in [0, 0.05) is 31.5 Å². The predicted molar refractivity (Wildman–Crippen MR) is 59.2 cm³/mol. The third-order valence-electron chi connectivity index (χ3n) is 2.36. The van der Waals surface area contributed by atoms with E-state index < -0.39 is 0 Å². The lowest BCUT2D eigenvalue weighted by molar-refractivity contribution is 0.735. The topological polar surface area (TPSA) is 42.7 Å². The fourth-order valence-corrected chi connectivity index (χ4v) is 1.58.